The van der Waals surface area contributed by atoms with E-state index in [2.05, 4.69) is 27.4 Å². The Morgan fingerprint density at radius 3 is 1.97 bits per heavy atom. The number of carbonyl (C=O) groups excluding carboxylic acids is 1. The molecule has 0 aromatic heterocycles. The topological polar surface area (TPSA) is 332 Å². The number of carboxylic acid groups (broad SMARTS) is 1. The molecular formula is C48H76O20. The number of allylic oxidation sites excluding steroid dienone is 1. The van der Waals surface area contributed by atoms with Gasteiger partial charge in [-0.05, 0) is 124 Å². The third-order valence-corrected chi connectivity index (χ3v) is 19.8. The number of carbonyl (C=O) groups is 2. The molecule has 3 saturated heterocycles. The number of aliphatic hydroxyl groups is 11. The van der Waals surface area contributed by atoms with Crippen LogP contribution in [-0.2, 0) is 38.0 Å². The maximum Gasteiger partial charge on any atom is 0.314 e. The summed E-state index contributed by atoms with van der Waals surface area (Å²) in [6, 6.07) is 0. The van der Waals surface area contributed by atoms with E-state index in [9.17, 15) is 70.9 Å². The third-order valence-electron chi connectivity index (χ3n) is 19.8. The standard InChI is InChI=1S/C48H76O20/c1-19(2)21-8-13-48(15-14-45(5)22(28(21)48)16-23(50)38-44(4)11-10-27(51)47(7,42(60)61)26(44)9-12-46(38,45)6)43(62)68-41-35(58)32(55)30(53)25(66-41)18-63-39-36(59)33(56)37(24(17-49)65-39)67-40-34(57)31(54)29(52)20(3)64-40/h20-41,49-59H,1,8-18H2,2-7H3,(H,60,61)/t20-,21-,22+,23+,24+,25+,26+,27+,28+,29-,30+,31+,32-,33+,34+,35+,36+,37+,38+,39+,40-,41-,44-,45+,46+,47-,48-/m0/s1. The van der Waals surface area contributed by atoms with Gasteiger partial charge in [-0.1, -0.05) is 32.9 Å². The number of rotatable bonds is 10. The molecule has 27 atom stereocenters. The maximum atomic E-state index is 15.0. The smallest absolute Gasteiger partial charge is 0.314 e. The van der Waals surface area contributed by atoms with E-state index >= 15 is 0 Å². The van der Waals surface area contributed by atoms with Gasteiger partial charge in [0.2, 0.25) is 6.29 Å². The van der Waals surface area contributed by atoms with Crippen LogP contribution in [-0.4, -0.2) is 191 Å². The van der Waals surface area contributed by atoms with Gasteiger partial charge >= 0.3 is 11.9 Å². The predicted octanol–water partition coefficient (Wildman–Crippen LogP) is -0.940. The van der Waals surface area contributed by atoms with Crippen LogP contribution >= 0.6 is 0 Å². The molecule has 3 heterocycles. The van der Waals surface area contributed by atoms with Gasteiger partial charge < -0.3 is 89.7 Å². The molecule has 3 aliphatic heterocycles. The summed E-state index contributed by atoms with van der Waals surface area (Å²) >= 11 is 0. The number of esters is 1. The van der Waals surface area contributed by atoms with Gasteiger partial charge in [0.15, 0.2) is 12.6 Å². The zero-order chi connectivity index (χ0) is 50.0. The summed E-state index contributed by atoms with van der Waals surface area (Å²) in [5.41, 5.74) is -3.11. The molecule has 0 spiro atoms. The van der Waals surface area contributed by atoms with E-state index in [0.717, 1.165) is 5.57 Å². The van der Waals surface area contributed by atoms with Gasteiger partial charge in [0, 0.05) is 0 Å². The van der Waals surface area contributed by atoms with E-state index in [1.54, 1.807) is 6.92 Å². The lowest BCUT2D eigenvalue weighted by Gasteiger charge is -2.73. The van der Waals surface area contributed by atoms with Crippen molar-refractivity contribution in [1.82, 2.24) is 0 Å². The first-order valence-corrected chi connectivity index (χ1v) is 24.5. The number of ether oxygens (including phenoxy) is 6. The molecule has 0 radical (unpaired) electrons. The monoisotopic (exact) mass is 972 g/mol. The van der Waals surface area contributed by atoms with Crippen molar-refractivity contribution >= 4 is 11.9 Å². The summed E-state index contributed by atoms with van der Waals surface area (Å²) in [6.45, 7) is 14.5. The van der Waals surface area contributed by atoms with Gasteiger partial charge in [-0.25, -0.2) is 0 Å². The molecule has 8 aliphatic rings. The zero-order valence-corrected chi connectivity index (χ0v) is 39.8. The first-order valence-electron chi connectivity index (χ1n) is 24.5. The van der Waals surface area contributed by atoms with Gasteiger partial charge in [0.1, 0.15) is 67.1 Å². The Hall–Kier alpha value is -1.96. The minimum Gasteiger partial charge on any atom is -0.481 e. The first-order chi connectivity index (χ1) is 31.7. The molecule has 5 saturated carbocycles. The lowest BCUT2D eigenvalue weighted by Crippen LogP contribution is -2.71. The van der Waals surface area contributed by atoms with Crippen molar-refractivity contribution in [2.45, 2.75) is 204 Å². The SMILES string of the molecule is C=C(C)[C@@H]1CC[C@]2(C(=O)O[C@@H]3O[C@H](CO[C@@H]4O[C@H](CO)[C@@H](O[C@@H]5O[C@@H](C)[C@H](O)[C@@H](O)[C@H]5O)[C@H](O)[C@H]4O)[C@@H](O)[C@H](O)[C@H]3O)CC[C@]3(C)[C@H](C[C@@H](O)[C@@H]4[C@@]5(C)CC[C@@H](O)[C@@](C)(C(=O)O)[C@@H]5CC[C@]43C)[C@@H]12. The third kappa shape index (κ3) is 7.76. The van der Waals surface area contributed by atoms with Crippen molar-refractivity contribution in [2.75, 3.05) is 13.2 Å². The van der Waals surface area contributed by atoms with E-state index in [0.29, 0.717) is 57.8 Å². The van der Waals surface area contributed by atoms with Crippen molar-refractivity contribution < 1.29 is 99.3 Å². The highest BCUT2D eigenvalue weighted by Crippen LogP contribution is 2.77. The highest BCUT2D eigenvalue weighted by molar-refractivity contribution is 5.79. The summed E-state index contributed by atoms with van der Waals surface area (Å²) in [5.74, 6) is -3.05. The van der Waals surface area contributed by atoms with Crippen molar-refractivity contribution in [3.05, 3.63) is 12.2 Å². The highest BCUT2D eigenvalue weighted by Gasteiger charge is 2.75. The van der Waals surface area contributed by atoms with Gasteiger partial charge in [-0.3, -0.25) is 9.59 Å². The largest absolute Gasteiger partial charge is 0.481 e. The summed E-state index contributed by atoms with van der Waals surface area (Å²) in [4.78, 5) is 27.9. The van der Waals surface area contributed by atoms with Crippen LogP contribution in [0.2, 0.25) is 0 Å². The molecule has 0 aromatic carbocycles. The number of hydrogen-bond donors (Lipinski definition) is 12. The van der Waals surface area contributed by atoms with E-state index < -0.39 is 157 Å². The van der Waals surface area contributed by atoms with Crippen LogP contribution < -0.4 is 0 Å². The number of aliphatic carboxylic acids is 1. The Labute approximate surface area is 396 Å². The van der Waals surface area contributed by atoms with E-state index in [1.165, 1.54) is 6.92 Å². The van der Waals surface area contributed by atoms with Crippen LogP contribution in [0.15, 0.2) is 12.2 Å². The molecular weight excluding hydrogens is 897 g/mol. The second-order valence-electron chi connectivity index (χ2n) is 22.9. The Balaban J connectivity index is 0.982. The molecule has 68 heavy (non-hydrogen) atoms. The van der Waals surface area contributed by atoms with Crippen LogP contribution in [0, 0.1) is 56.7 Å². The van der Waals surface area contributed by atoms with E-state index in [4.69, 9.17) is 28.4 Å². The zero-order valence-electron chi connectivity index (χ0n) is 39.8. The highest BCUT2D eigenvalue weighted by atomic mass is 16.8. The van der Waals surface area contributed by atoms with E-state index in [1.807, 2.05) is 6.92 Å². The molecule has 0 aromatic rings. The van der Waals surface area contributed by atoms with Crippen LogP contribution in [0.3, 0.4) is 0 Å². The second kappa shape index (κ2) is 18.5. The van der Waals surface area contributed by atoms with Crippen LogP contribution in [0.1, 0.15) is 99.3 Å². The van der Waals surface area contributed by atoms with Gasteiger partial charge in [0.05, 0.1) is 42.4 Å². The maximum absolute atomic E-state index is 15.0. The molecule has 8 fully saturated rings. The fraction of sp³-hybridized carbons (Fsp3) is 0.917. The molecule has 8 rings (SSSR count). The Bertz CT molecular complexity index is 1890. The van der Waals surface area contributed by atoms with Crippen LogP contribution in [0.4, 0.5) is 0 Å². The van der Waals surface area contributed by atoms with Crippen molar-refractivity contribution in [1.29, 1.82) is 0 Å². The second-order valence-corrected chi connectivity index (χ2v) is 22.9. The first kappa shape index (κ1) is 52.4. The molecule has 0 bridgehead atoms. The van der Waals surface area contributed by atoms with E-state index in [-0.39, 0.29) is 29.6 Å². The van der Waals surface area contributed by atoms with Gasteiger partial charge in [0.25, 0.3) is 0 Å². The fourth-order valence-corrected chi connectivity index (χ4v) is 15.7. The Morgan fingerprint density at radius 2 is 1.32 bits per heavy atom. The summed E-state index contributed by atoms with van der Waals surface area (Å²) in [5, 5.41) is 131. The minimum absolute atomic E-state index is 0.134. The quantitative estimate of drug-likeness (QED) is 0.0928. The Kier molecular flexibility index (Phi) is 14.3. The number of aliphatic hydroxyl groups excluding tert-OH is 11. The number of hydrogen-bond acceptors (Lipinski definition) is 19. The van der Waals surface area contributed by atoms with Crippen molar-refractivity contribution in [2.24, 2.45) is 56.7 Å². The number of fused-ring (bicyclic) bond motifs is 7. The number of carboxylic acids is 1. The molecule has 0 unspecified atom stereocenters. The van der Waals surface area contributed by atoms with Crippen molar-refractivity contribution in [3.8, 4) is 0 Å². The van der Waals surface area contributed by atoms with Gasteiger partial charge in [-0.15, -0.1) is 0 Å². The van der Waals surface area contributed by atoms with Gasteiger partial charge in [-0.2, -0.15) is 0 Å². The molecule has 388 valence electrons. The predicted molar refractivity (Wildman–Crippen MR) is 232 cm³/mol. The fourth-order valence-electron chi connectivity index (χ4n) is 15.7. The molecule has 5 aliphatic carbocycles. The molecule has 20 nitrogen and oxygen atoms in total. The average Bonchev–Trinajstić information content (AvgIpc) is 3.70. The van der Waals surface area contributed by atoms with Crippen molar-refractivity contribution in [3.63, 3.8) is 0 Å². The summed E-state index contributed by atoms with van der Waals surface area (Å²) in [6.07, 6.45) is -22.2. The van der Waals surface area contributed by atoms with Crippen LogP contribution in [0.25, 0.3) is 0 Å². The lowest BCUT2D eigenvalue weighted by molar-refractivity contribution is -0.361. The summed E-state index contributed by atoms with van der Waals surface area (Å²) in [7, 11) is 0. The lowest BCUT2D eigenvalue weighted by atomic mass is 9.31. The minimum atomic E-state index is -1.90. The molecule has 20 heteroatoms. The molecule has 0 amide bonds. The Morgan fingerprint density at radius 1 is 0.691 bits per heavy atom. The normalized spacial score (nSPS) is 55.8. The van der Waals surface area contributed by atoms with Crippen LogP contribution in [0.5, 0.6) is 0 Å². The average molecular weight is 973 g/mol. The summed E-state index contributed by atoms with van der Waals surface area (Å²) < 4.78 is 34.6. The molecule has 12 N–H and O–H groups in total.